The van der Waals surface area contributed by atoms with Gasteiger partial charge in [-0.15, -0.1) is 0 Å². The number of hydrogen-bond donors (Lipinski definition) is 1. The van der Waals surface area contributed by atoms with Crippen LogP contribution < -0.4 is 4.74 Å². The Kier molecular flexibility index (Phi) is 6.44. The van der Waals surface area contributed by atoms with Gasteiger partial charge in [0.2, 0.25) is 15.9 Å². The Morgan fingerprint density at radius 3 is 2.34 bits per heavy atom. The molecule has 1 amide bonds. The van der Waals surface area contributed by atoms with Crippen molar-refractivity contribution in [2.75, 3.05) is 32.8 Å². The Hall–Kier alpha value is -2.58. The number of amides is 1. The van der Waals surface area contributed by atoms with Crippen LogP contribution in [0.4, 0.5) is 0 Å². The monoisotopic (exact) mass is 418 g/mol. The maximum atomic E-state index is 12.9. The zero-order valence-electron chi connectivity index (χ0n) is 16.7. The molecule has 0 unspecified atom stereocenters. The maximum Gasteiger partial charge on any atom is 0.246 e. The molecule has 1 saturated heterocycles. The number of ether oxygens (including phenoxy) is 1. The first kappa shape index (κ1) is 21.1. The number of hydrogen-bond acceptors (Lipinski definition) is 5. The van der Waals surface area contributed by atoms with Crippen LogP contribution in [0, 0.1) is 6.92 Å². The number of nitrogens with zero attached hydrogens (tertiary/aromatic N) is 2. The third kappa shape index (κ3) is 4.89. The number of piperazine rings is 1. The number of rotatable bonds is 6. The van der Waals surface area contributed by atoms with Crippen molar-refractivity contribution < 1.29 is 23.1 Å². The summed E-state index contributed by atoms with van der Waals surface area (Å²) in [7, 11) is -3.80. The van der Waals surface area contributed by atoms with E-state index in [1.807, 2.05) is 31.2 Å². The first-order valence-corrected chi connectivity index (χ1v) is 11.0. The van der Waals surface area contributed by atoms with E-state index >= 15 is 0 Å². The SMILES string of the molecule is CCOc1ccc(CC(=O)N2CCN(S(=O)(=O)c3cc(C)ccc3O)CC2)cc1. The highest BCUT2D eigenvalue weighted by atomic mass is 32.2. The molecule has 8 heteroatoms. The summed E-state index contributed by atoms with van der Waals surface area (Å²) in [5.41, 5.74) is 1.64. The van der Waals surface area contributed by atoms with E-state index in [4.69, 9.17) is 4.74 Å². The van der Waals surface area contributed by atoms with Crippen LogP contribution in [-0.2, 0) is 21.2 Å². The average Bonchev–Trinajstić information content (AvgIpc) is 2.71. The van der Waals surface area contributed by atoms with Crippen molar-refractivity contribution in [3.8, 4) is 11.5 Å². The van der Waals surface area contributed by atoms with Crippen molar-refractivity contribution >= 4 is 15.9 Å². The summed E-state index contributed by atoms with van der Waals surface area (Å²) in [6, 6.07) is 11.9. The van der Waals surface area contributed by atoms with E-state index in [0.717, 1.165) is 16.9 Å². The Balaban J connectivity index is 1.61. The standard InChI is InChI=1S/C21H26N2O5S/c1-3-28-18-7-5-17(6-8-18)15-21(25)22-10-12-23(13-11-22)29(26,27)20-14-16(2)4-9-19(20)24/h4-9,14,24H,3,10-13,15H2,1-2H3. The molecule has 0 spiro atoms. The van der Waals surface area contributed by atoms with Crippen molar-refractivity contribution in [3.63, 3.8) is 0 Å². The van der Waals surface area contributed by atoms with Gasteiger partial charge in [0, 0.05) is 26.2 Å². The highest BCUT2D eigenvalue weighted by Gasteiger charge is 2.31. The summed E-state index contributed by atoms with van der Waals surface area (Å²) in [6.07, 6.45) is 0.262. The molecule has 1 fully saturated rings. The minimum atomic E-state index is -3.80. The first-order chi connectivity index (χ1) is 13.8. The minimum absolute atomic E-state index is 0.0374. The second-order valence-electron chi connectivity index (χ2n) is 7.01. The van der Waals surface area contributed by atoms with E-state index in [1.54, 1.807) is 17.9 Å². The maximum absolute atomic E-state index is 12.9. The average molecular weight is 419 g/mol. The zero-order valence-corrected chi connectivity index (χ0v) is 17.5. The fraction of sp³-hybridized carbons (Fsp3) is 0.381. The number of sulfonamides is 1. The number of benzene rings is 2. The molecule has 2 aromatic carbocycles. The lowest BCUT2D eigenvalue weighted by Crippen LogP contribution is -2.50. The highest BCUT2D eigenvalue weighted by molar-refractivity contribution is 7.89. The summed E-state index contributed by atoms with van der Waals surface area (Å²) >= 11 is 0. The van der Waals surface area contributed by atoms with Gasteiger partial charge in [0.05, 0.1) is 13.0 Å². The van der Waals surface area contributed by atoms with Gasteiger partial charge in [-0.05, 0) is 49.2 Å². The van der Waals surface area contributed by atoms with Gasteiger partial charge in [-0.3, -0.25) is 4.79 Å². The molecule has 1 N–H and O–H groups in total. The van der Waals surface area contributed by atoms with Crippen molar-refractivity contribution in [1.29, 1.82) is 0 Å². The fourth-order valence-corrected chi connectivity index (χ4v) is 4.89. The molecule has 0 atom stereocenters. The molecule has 1 heterocycles. The number of aryl methyl sites for hydroxylation is 1. The summed E-state index contributed by atoms with van der Waals surface area (Å²) in [4.78, 5) is 14.2. The summed E-state index contributed by atoms with van der Waals surface area (Å²) in [6.45, 7) is 5.32. The lowest BCUT2D eigenvalue weighted by molar-refractivity contribution is -0.131. The highest BCUT2D eigenvalue weighted by Crippen LogP contribution is 2.27. The van der Waals surface area contributed by atoms with Crippen LogP contribution in [-0.4, -0.2) is 61.4 Å². The number of carbonyl (C=O) groups excluding carboxylic acids is 1. The van der Waals surface area contributed by atoms with Gasteiger partial charge in [0.1, 0.15) is 16.4 Å². The molecule has 29 heavy (non-hydrogen) atoms. The molecular weight excluding hydrogens is 392 g/mol. The zero-order chi connectivity index (χ0) is 21.0. The molecule has 1 aliphatic rings. The second kappa shape index (κ2) is 8.84. The van der Waals surface area contributed by atoms with Gasteiger partial charge in [0.25, 0.3) is 0 Å². The molecule has 156 valence electrons. The van der Waals surface area contributed by atoms with E-state index in [0.29, 0.717) is 19.7 Å². The van der Waals surface area contributed by atoms with Crippen LogP contribution in [0.1, 0.15) is 18.1 Å². The molecular formula is C21H26N2O5S. The van der Waals surface area contributed by atoms with Crippen molar-refractivity contribution in [2.45, 2.75) is 25.2 Å². The molecule has 1 aliphatic heterocycles. The van der Waals surface area contributed by atoms with Crippen LogP contribution >= 0.6 is 0 Å². The van der Waals surface area contributed by atoms with Crippen molar-refractivity contribution in [2.24, 2.45) is 0 Å². The lowest BCUT2D eigenvalue weighted by atomic mass is 10.1. The van der Waals surface area contributed by atoms with Gasteiger partial charge in [-0.25, -0.2) is 8.42 Å². The topological polar surface area (TPSA) is 87.2 Å². The first-order valence-electron chi connectivity index (χ1n) is 9.60. The molecule has 0 aliphatic carbocycles. The van der Waals surface area contributed by atoms with Gasteiger partial charge in [-0.2, -0.15) is 4.31 Å². The third-order valence-corrected chi connectivity index (χ3v) is 6.84. The number of aromatic hydroxyl groups is 1. The molecule has 3 rings (SSSR count). The van der Waals surface area contributed by atoms with Gasteiger partial charge >= 0.3 is 0 Å². The van der Waals surface area contributed by atoms with Crippen LogP contribution in [0.25, 0.3) is 0 Å². The predicted octanol–water partition coefficient (Wildman–Crippen LogP) is 2.17. The smallest absolute Gasteiger partial charge is 0.246 e. The van der Waals surface area contributed by atoms with E-state index in [2.05, 4.69) is 0 Å². The van der Waals surface area contributed by atoms with E-state index in [9.17, 15) is 18.3 Å². The van der Waals surface area contributed by atoms with Crippen molar-refractivity contribution in [3.05, 3.63) is 53.6 Å². The summed E-state index contributed by atoms with van der Waals surface area (Å²) in [5, 5.41) is 9.98. The predicted molar refractivity (Wildman–Crippen MR) is 109 cm³/mol. The fourth-order valence-electron chi connectivity index (χ4n) is 3.30. The summed E-state index contributed by atoms with van der Waals surface area (Å²) in [5.74, 6) is 0.469. The summed E-state index contributed by atoms with van der Waals surface area (Å²) < 4.78 is 32.5. The Morgan fingerprint density at radius 2 is 1.72 bits per heavy atom. The van der Waals surface area contributed by atoms with Crippen molar-refractivity contribution in [1.82, 2.24) is 9.21 Å². The Bertz CT molecular complexity index is 965. The lowest BCUT2D eigenvalue weighted by Gasteiger charge is -2.34. The van der Waals surface area contributed by atoms with Gasteiger partial charge in [-0.1, -0.05) is 18.2 Å². The van der Waals surface area contributed by atoms with Gasteiger partial charge in [0.15, 0.2) is 0 Å². The molecule has 7 nitrogen and oxygen atoms in total. The second-order valence-corrected chi connectivity index (χ2v) is 8.92. The molecule has 2 aromatic rings. The minimum Gasteiger partial charge on any atom is -0.507 e. The number of phenolic OH excluding ortho intramolecular Hbond substituents is 1. The molecule has 0 aromatic heterocycles. The molecule has 0 radical (unpaired) electrons. The molecule has 0 saturated carbocycles. The normalized spacial score (nSPS) is 15.3. The van der Waals surface area contributed by atoms with Gasteiger partial charge < -0.3 is 14.7 Å². The Labute approximate surface area is 171 Å². The van der Waals surface area contributed by atoms with Crippen LogP contribution in [0.3, 0.4) is 0 Å². The Morgan fingerprint density at radius 1 is 1.07 bits per heavy atom. The van der Waals surface area contributed by atoms with Crippen LogP contribution in [0.15, 0.2) is 47.4 Å². The third-order valence-electron chi connectivity index (χ3n) is 4.91. The van der Waals surface area contributed by atoms with Crippen LogP contribution in [0.5, 0.6) is 11.5 Å². The number of carbonyl (C=O) groups is 1. The largest absolute Gasteiger partial charge is 0.507 e. The van der Waals surface area contributed by atoms with Crippen LogP contribution in [0.2, 0.25) is 0 Å². The van der Waals surface area contributed by atoms with E-state index < -0.39 is 10.0 Å². The molecule has 0 bridgehead atoms. The van der Waals surface area contributed by atoms with E-state index in [1.165, 1.54) is 16.4 Å². The quantitative estimate of drug-likeness (QED) is 0.777. The van der Waals surface area contributed by atoms with E-state index in [-0.39, 0.29) is 36.1 Å². The number of phenols is 1.